The molecule has 50 heavy (non-hydrogen) atoms. The van der Waals surface area contributed by atoms with Gasteiger partial charge in [0.15, 0.2) is 5.75 Å². The summed E-state index contributed by atoms with van der Waals surface area (Å²) in [5.41, 5.74) is 3.41. The van der Waals surface area contributed by atoms with Crippen molar-refractivity contribution in [1.29, 1.82) is 0 Å². The van der Waals surface area contributed by atoms with E-state index in [1.165, 1.54) is 36.4 Å². The number of H-pyrrole nitrogens is 2. The number of nitrogens with zero attached hydrogens (tertiary/aromatic N) is 4. The molecule has 6 aromatic rings. The van der Waals surface area contributed by atoms with Crippen molar-refractivity contribution in [2.45, 2.75) is 14.7 Å². The third kappa shape index (κ3) is 6.43. The molecular formula is C28H19N7O12S3. The van der Waals surface area contributed by atoms with Crippen molar-refractivity contribution < 1.29 is 44.0 Å². The first-order valence-electron chi connectivity index (χ1n) is 13.5. The molecule has 0 bridgehead atoms. The number of fused-ring (bicyclic) bond motifs is 3. The van der Waals surface area contributed by atoms with E-state index < -0.39 is 73.4 Å². The molecule has 0 aliphatic carbocycles. The molecule has 0 aliphatic rings. The number of hydrogen-bond acceptors (Lipinski definition) is 14. The van der Waals surface area contributed by atoms with Crippen LogP contribution in [-0.2, 0) is 30.4 Å². The van der Waals surface area contributed by atoms with E-state index >= 15 is 0 Å². The second kappa shape index (κ2) is 11.9. The van der Waals surface area contributed by atoms with E-state index in [1.807, 2.05) is 0 Å². The van der Waals surface area contributed by atoms with Gasteiger partial charge in [-0.25, -0.2) is 4.79 Å². The van der Waals surface area contributed by atoms with Gasteiger partial charge in [-0.15, -0.1) is 15.3 Å². The summed E-state index contributed by atoms with van der Waals surface area (Å²) in [5, 5.41) is 26.8. The Morgan fingerprint density at radius 1 is 0.600 bits per heavy atom. The van der Waals surface area contributed by atoms with Gasteiger partial charge in [-0.05, 0) is 66.0 Å². The minimum Gasteiger partial charge on any atom is -0.505 e. The van der Waals surface area contributed by atoms with Crippen molar-refractivity contribution >= 4 is 91.2 Å². The molecule has 0 atom stereocenters. The number of aromatic nitrogens is 2. The predicted molar refractivity (Wildman–Crippen MR) is 177 cm³/mol. The number of aromatic hydroxyl groups is 1. The van der Waals surface area contributed by atoms with Crippen LogP contribution < -0.4 is 17.0 Å². The Hall–Kier alpha value is -5.91. The number of rotatable bonds is 7. The average Bonchev–Trinajstić information content (AvgIpc) is 3.02. The zero-order chi connectivity index (χ0) is 36.3. The molecule has 256 valence electrons. The van der Waals surface area contributed by atoms with Crippen molar-refractivity contribution in [1.82, 2.24) is 9.97 Å². The summed E-state index contributed by atoms with van der Waals surface area (Å²) < 4.78 is 101. The van der Waals surface area contributed by atoms with Crippen LogP contribution in [0.1, 0.15) is 0 Å². The van der Waals surface area contributed by atoms with E-state index in [9.17, 15) is 53.6 Å². The lowest BCUT2D eigenvalue weighted by Crippen LogP contribution is -2.21. The lowest BCUT2D eigenvalue weighted by atomic mass is 10.1. The highest BCUT2D eigenvalue weighted by atomic mass is 32.2. The Labute approximate surface area is 278 Å². The summed E-state index contributed by atoms with van der Waals surface area (Å²) in [6.07, 6.45) is 0. The van der Waals surface area contributed by atoms with E-state index in [0.29, 0.717) is 0 Å². The Bertz CT molecular complexity index is 2980. The summed E-state index contributed by atoms with van der Waals surface area (Å²) >= 11 is 0. The third-order valence-electron chi connectivity index (χ3n) is 7.23. The van der Waals surface area contributed by atoms with Gasteiger partial charge >= 0.3 is 5.69 Å². The Kier molecular flexibility index (Phi) is 8.09. The number of aromatic amines is 2. The van der Waals surface area contributed by atoms with Gasteiger partial charge in [-0.3, -0.25) is 23.4 Å². The summed E-state index contributed by atoms with van der Waals surface area (Å²) in [4.78, 5) is 25.9. The zero-order valence-electron chi connectivity index (χ0n) is 24.5. The summed E-state index contributed by atoms with van der Waals surface area (Å²) in [6.45, 7) is 0. The van der Waals surface area contributed by atoms with Crippen molar-refractivity contribution in [2.24, 2.45) is 20.5 Å². The van der Waals surface area contributed by atoms with Gasteiger partial charge in [-0.1, -0.05) is 6.07 Å². The van der Waals surface area contributed by atoms with E-state index in [1.54, 1.807) is 0 Å². The first-order valence-corrected chi connectivity index (χ1v) is 17.8. The molecule has 0 saturated carbocycles. The monoisotopic (exact) mass is 741 g/mol. The van der Waals surface area contributed by atoms with Crippen LogP contribution in [0.3, 0.4) is 0 Å². The number of hydrogen-bond donors (Lipinski definition) is 7. The SMILES string of the molecule is Nc1cc2c(O)c(/N=N/c3ccc(/N=N/c4ccc5[nH]c(=O)[nH]c(=O)c5c4)c4ccc(S(=O)(=O)O)cc34)c(S(=O)(=O)O)cc2cc1S(=O)(=O)O. The van der Waals surface area contributed by atoms with E-state index in [0.717, 1.165) is 30.3 Å². The normalized spacial score (nSPS) is 12.9. The topological polar surface area (TPSA) is 325 Å². The van der Waals surface area contributed by atoms with E-state index in [4.69, 9.17) is 5.73 Å². The number of benzene rings is 5. The average molecular weight is 742 g/mol. The predicted octanol–water partition coefficient (Wildman–Crippen LogP) is 4.38. The van der Waals surface area contributed by atoms with Gasteiger partial charge < -0.3 is 15.8 Å². The molecule has 5 aromatic carbocycles. The lowest BCUT2D eigenvalue weighted by molar-refractivity contribution is 0.472. The molecule has 0 spiro atoms. The van der Waals surface area contributed by atoms with Crippen molar-refractivity contribution in [3.8, 4) is 5.75 Å². The summed E-state index contributed by atoms with van der Waals surface area (Å²) in [6, 6.07) is 12.6. The van der Waals surface area contributed by atoms with Crippen LogP contribution in [0.4, 0.5) is 28.4 Å². The molecule has 0 saturated heterocycles. The molecule has 0 radical (unpaired) electrons. The molecule has 0 fully saturated rings. The van der Waals surface area contributed by atoms with Crippen LogP contribution >= 0.6 is 0 Å². The molecular weight excluding hydrogens is 723 g/mol. The van der Waals surface area contributed by atoms with E-state index in [-0.39, 0.29) is 49.5 Å². The standard InChI is InChI=1S/C28H19N7O12S3/c29-19-11-16-12(7-23(19)49(42,43)44)8-24(50(45,46)47)25(26(16)36)35-34-22-6-5-21(15-3-2-14(10-17(15)22)48(39,40)41)33-32-13-1-4-20-18(9-13)27(37)31-28(38)30-20/h1-11,36H,29H2,(H,39,40,41)(H,42,43,44)(H,45,46,47)(H2,30,31,37,38)/b33-32+,35-34+. The minimum absolute atomic E-state index is 0.0245. The lowest BCUT2D eigenvalue weighted by Gasteiger charge is -2.11. The molecule has 0 aliphatic heterocycles. The fraction of sp³-hybridized carbons (Fsp3) is 0. The highest BCUT2D eigenvalue weighted by Crippen LogP contribution is 2.44. The summed E-state index contributed by atoms with van der Waals surface area (Å²) in [5.74, 6) is -0.917. The van der Waals surface area contributed by atoms with Crippen LogP contribution in [0, 0.1) is 0 Å². The molecule has 1 heterocycles. The van der Waals surface area contributed by atoms with Gasteiger partial charge in [-0.2, -0.15) is 30.4 Å². The van der Waals surface area contributed by atoms with Crippen LogP contribution in [0.15, 0.2) is 111 Å². The highest BCUT2D eigenvalue weighted by molar-refractivity contribution is 7.86. The summed E-state index contributed by atoms with van der Waals surface area (Å²) in [7, 11) is -14.8. The smallest absolute Gasteiger partial charge is 0.326 e. The number of nitrogens with one attached hydrogen (secondary N) is 2. The van der Waals surface area contributed by atoms with Crippen LogP contribution in [-0.4, -0.2) is 54.0 Å². The number of nitrogens with two attached hydrogens (primary N) is 1. The van der Waals surface area contributed by atoms with Gasteiger partial charge in [0.1, 0.15) is 15.5 Å². The molecule has 6 rings (SSSR count). The fourth-order valence-corrected chi connectivity index (χ4v) is 6.77. The largest absolute Gasteiger partial charge is 0.505 e. The molecule has 8 N–H and O–H groups in total. The Morgan fingerprint density at radius 2 is 1.24 bits per heavy atom. The van der Waals surface area contributed by atoms with Crippen molar-refractivity contribution in [2.75, 3.05) is 5.73 Å². The highest BCUT2D eigenvalue weighted by Gasteiger charge is 2.25. The number of nitrogen functional groups attached to an aromatic ring is 1. The number of phenols is 1. The van der Waals surface area contributed by atoms with Crippen molar-refractivity contribution in [3.63, 3.8) is 0 Å². The van der Waals surface area contributed by atoms with Crippen molar-refractivity contribution in [3.05, 3.63) is 87.6 Å². The van der Waals surface area contributed by atoms with Crippen LogP contribution in [0.25, 0.3) is 32.4 Å². The molecule has 1 aromatic heterocycles. The molecule has 22 heteroatoms. The minimum atomic E-state index is -5.17. The van der Waals surface area contributed by atoms with Crippen LogP contribution in [0.5, 0.6) is 5.75 Å². The van der Waals surface area contributed by atoms with Gasteiger partial charge in [0.05, 0.1) is 38.5 Å². The Morgan fingerprint density at radius 3 is 1.90 bits per heavy atom. The second-order valence-corrected chi connectivity index (χ2v) is 14.7. The quantitative estimate of drug-likeness (QED) is 0.0679. The maximum atomic E-state index is 12.3. The third-order valence-corrected chi connectivity index (χ3v) is 9.86. The second-order valence-electron chi connectivity index (χ2n) is 10.5. The fourth-order valence-electron chi connectivity index (χ4n) is 4.97. The molecule has 0 amide bonds. The number of anilines is 1. The van der Waals surface area contributed by atoms with Gasteiger partial charge in [0.25, 0.3) is 35.9 Å². The first kappa shape index (κ1) is 34.0. The molecule has 19 nitrogen and oxygen atoms in total. The maximum Gasteiger partial charge on any atom is 0.326 e. The number of azo groups is 2. The number of phenolic OH excluding ortho intramolecular Hbond substituents is 1. The Balaban J connectivity index is 1.51. The van der Waals surface area contributed by atoms with Gasteiger partial charge in [0.2, 0.25) is 0 Å². The van der Waals surface area contributed by atoms with E-state index in [2.05, 4.69) is 30.4 Å². The first-order chi connectivity index (χ1) is 23.3. The van der Waals surface area contributed by atoms with Gasteiger partial charge in [0, 0.05) is 16.2 Å². The molecule has 0 unspecified atom stereocenters. The van der Waals surface area contributed by atoms with Crippen LogP contribution in [0.2, 0.25) is 0 Å². The zero-order valence-corrected chi connectivity index (χ0v) is 26.9. The maximum absolute atomic E-state index is 12.3.